The Bertz CT molecular complexity index is 960. The molecule has 124 valence electrons. The number of fused-ring (bicyclic) bond motifs is 1. The summed E-state index contributed by atoms with van der Waals surface area (Å²) in [5, 5.41) is 12.8. The van der Waals surface area contributed by atoms with Gasteiger partial charge in [-0.1, -0.05) is 72.4 Å². The van der Waals surface area contributed by atoms with E-state index in [9.17, 15) is 9.90 Å². The molecule has 2 nitrogen and oxygen atoms in total. The van der Waals surface area contributed by atoms with Crippen molar-refractivity contribution in [3.05, 3.63) is 89.0 Å². The number of ketones is 1. The van der Waals surface area contributed by atoms with Gasteiger partial charge in [0.2, 0.25) is 0 Å². The fraction of sp³-hybridized carbons (Fsp3) is 0.136. The number of thioether (sulfide) groups is 1. The summed E-state index contributed by atoms with van der Waals surface area (Å²) in [4.78, 5) is 14.1. The van der Waals surface area contributed by atoms with Crippen molar-refractivity contribution in [3.63, 3.8) is 0 Å². The smallest absolute Gasteiger partial charge is 0.173 e. The summed E-state index contributed by atoms with van der Waals surface area (Å²) in [5.74, 6) is 0.300. The van der Waals surface area contributed by atoms with Crippen molar-refractivity contribution >= 4 is 28.3 Å². The number of aliphatic hydroxyl groups is 1. The van der Waals surface area contributed by atoms with Crippen molar-refractivity contribution in [2.45, 2.75) is 23.7 Å². The van der Waals surface area contributed by atoms with E-state index in [0.29, 0.717) is 17.7 Å². The molecule has 1 unspecified atom stereocenters. The largest absolute Gasteiger partial charge is 0.511 e. The minimum absolute atomic E-state index is 0.0239. The molecule has 0 heterocycles. The van der Waals surface area contributed by atoms with Gasteiger partial charge in [-0.15, -0.1) is 0 Å². The van der Waals surface area contributed by atoms with Gasteiger partial charge in [-0.3, -0.25) is 4.79 Å². The zero-order valence-electron chi connectivity index (χ0n) is 13.7. The highest BCUT2D eigenvalue weighted by Crippen LogP contribution is 2.40. The van der Waals surface area contributed by atoms with Gasteiger partial charge in [-0.05, 0) is 34.4 Å². The SMILES string of the molecule is O=C1CC(c2ccccc2)CC(O)=C1Sc1ccc2ccccc2c1. The molecule has 4 rings (SSSR count). The number of benzene rings is 3. The van der Waals surface area contributed by atoms with Crippen LogP contribution in [-0.2, 0) is 4.79 Å². The molecule has 0 saturated heterocycles. The summed E-state index contributed by atoms with van der Waals surface area (Å²) < 4.78 is 0. The van der Waals surface area contributed by atoms with Gasteiger partial charge in [0.05, 0.1) is 4.91 Å². The normalized spacial score (nSPS) is 17.9. The summed E-state index contributed by atoms with van der Waals surface area (Å²) in [6, 6.07) is 24.2. The molecule has 1 aliphatic rings. The van der Waals surface area contributed by atoms with Gasteiger partial charge in [0.25, 0.3) is 0 Å². The second-order valence-electron chi connectivity index (χ2n) is 6.33. The number of carbonyl (C=O) groups excluding carboxylic acids is 1. The molecule has 0 radical (unpaired) electrons. The summed E-state index contributed by atoms with van der Waals surface area (Å²) >= 11 is 1.37. The second-order valence-corrected chi connectivity index (χ2v) is 7.41. The quantitative estimate of drug-likeness (QED) is 0.646. The maximum Gasteiger partial charge on any atom is 0.173 e. The molecule has 0 fully saturated rings. The summed E-state index contributed by atoms with van der Waals surface area (Å²) in [6.07, 6.45) is 0.968. The molecular formula is C22H18O2S. The van der Waals surface area contributed by atoms with Crippen molar-refractivity contribution in [3.8, 4) is 0 Å². The number of hydrogen-bond donors (Lipinski definition) is 1. The van der Waals surface area contributed by atoms with E-state index in [1.807, 2.05) is 48.5 Å². The van der Waals surface area contributed by atoms with Gasteiger partial charge in [0.1, 0.15) is 5.76 Å². The lowest BCUT2D eigenvalue weighted by Gasteiger charge is -2.23. The van der Waals surface area contributed by atoms with Crippen LogP contribution in [0.25, 0.3) is 10.8 Å². The Morgan fingerprint density at radius 1 is 0.840 bits per heavy atom. The predicted molar refractivity (Wildman–Crippen MR) is 103 cm³/mol. The van der Waals surface area contributed by atoms with E-state index < -0.39 is 0 Å². The summed E-state index contributed by atoms with van der Waals surface area (Å²) in [5.41, 5.74) is 1.11. The molecule has 1 aliphatic carbocycles. The van der Waals surface area contributed by atoms with Gasteiger partial charge in [-0.2, -0.15) is 0 Å². The van der Waals surface area contributed by atoms with Crippen LogP contribution in [0.2, 0.25) is 0 Å². The first-order valence-electron chi connectivity index (χ1n) is 8.37. The van der Waals surface area contributed by atoms with Gasteiger partial charge in [0.15, 0.2) is 5.78 Å². The number of rotatable bonds is 3. The molecule has 25 heavy (non-hydrogen) atoms. The third-order valence-electron chi connectivity index (χ3n) is 4.60. The number of allylic oxidation sites excluding steroid dienone is 2. The molecule has 3 aromatic rings. The Hall–Kier alpha value is -2.52. The number of hydrogen-bond acceptors (Lipinski definition) is 3. The zero-order valence-corrected chi connectivity index (χ0v) is 14.5. The van der Waals surface area contributed by atoms with E-state index in [4.69, 9.17) is 0 Å². The molecule has 0 aliphatic heterocycles. The Morgan fingerprint density at radius 2 is 1.56 bits per heavy atom. The first kappa shape index (κ1) is 16.0. The van der Waals surface area contributed by atoms with E-state index in [2.05, 4.69) is 24.3 Å². The molecule has 1 N–H and O–H groups in total. The van der Waals surface area contributed by atoms with E-state index in [1.165, 1.54) is 17.1 Å². The first-order valence-corrected chi connectivity index (χ1v) is 9.19. The van der Waals surface area contributed by atoms with Crippen LogP contribution in [0.5, 0.6) is 0 Å². The maximum absolute atomic E-state index is 12.6. The lowest BCUT2D eigenvalue weighted by Crippen LogP contribution is -2.17. The molecule has 0 saturated carbocycles. The van der Waals surface area contributed by atoms with Crippen LogP contribution in [0.1, 0.15) is 24.3 Å². The summed E-state index contributed by atoms with van der Waals surface area (Å²) in [6.45, 7) is 0. The minimum Gasteiger partial charge on any atom is -0.511 e. The van der Waals surface area contributed by atoms with Gasteiger partial charge in [0, 0.05) is 17.7 Å². The standard InChI is InChI=1S/C22H18O2S/c23-20-13-18(15-6-2-1-3-7-15)14-21(24)22(20)25-19-11-10-16-8-4-5-9-17(16)12-19/h1-12,18,23H,13-14H2. The molecule has 0 bridgehead atoms. The third-order valence-corrected chi connectivity index (χ3v) is 5.76. The van der Waals surface area contributed by atoms with E-state index >= 15 is 0 Å². The van der Waals surface area contributed by atoms with E-state index in [-0.39, 0.29) is 17.5 Å². The average Bonchev–Trinajstić information content (AvgIpc) is 2.65. The molecule has 0 aromatic heterocycles. The molecule has 0 spiro atoms. The maximum atomic E-state index is 12.6. The lowest BCUT2D eigenvalue weighted by atomic mass is 9.86. The summed E-state index contributed by atoms with van der Waals surface area (Å²) in [7, 11) is 0. The van der Waals surface area contributed by atoms with Crippen LogP contribution in [0.3, 0.4) is 0 Å². The molecule has 1 atom stereocenters. The van der Waals surface area contributed by atoms with Crippen molar-refractivity contribution in [2.24, 2.45) is 0 Å². The van der Waals surface area contributed by atoms with Crippen LogP contribution in [0.4, 0.5) is 0 Å². The molecule has 0 amide bonds. The average molecular weight is 346 g/mol. The predicted octanol–water partition coefficient (Wildman–Crippen LogP) is 5.85. The minimum atomic E-state index is 0.0239. The highest BCUT2D eigenvalue weighted by atomic mass is 32.2. The molecule has 3 heteroatoms. The van der Waals surface area contributed by atoms with E-state index in [0.717, 1.165) is 15.8 Å². The van der Waals surface area contributed by atoms with Crippen molar-refractivity contribution in [1.29, 1.82) is 0 Å². The Morgan fingerprint density at radius 3 is 2.32 bits per heavy atom. The molecule has 3 aromatic carbocycles. The van der Waals surface area contributed by atoms with Crippen LogP contribution < -0.4 is 0 Å². The lowest BCUT2D eigenvalue weighted by molar-refractivity contribution is -0.115. The number of carbonyl (C=O) groups is 1. The Balaban J connectivity index is 1.60. The Labute approximate surface area is 151 Å². The monoisotopic (exact) mass is 346 g/mol. The fourth-order valence-corrected chi connectivity index (χ4v) is 4.26. The second kappa shape index (κ2) is 6.77. The van der Waals surface area contributed by atoms with Crippen molar-refractivity contribution < 1.29 is 9.90 Å². The Kier molecular flexibility index (Phi) is 4.33. The fourth-order valence-electron chi connectivity index (χ4n) is 3.30. The highest BCUT2D eigenvalue weighted by molar-refractivity contribution is 8.04. The van der Waals surface area contributed by atoms with Crippen LogP contribution in [0.15, 0.2) is 88.4 Å². The number of Topliss-reactive ketones (excluding diaryl/α,β-unsaturated/α-hetero) is 1. The van der Waals surface area contributed by atoms with Crippen molar-refractivity contribution in [1.82, 2.24) is 0 Å². The first-order chi connectivity index (χ1) is 12.2. The van der Waals surface area contributed by atoms with Crippen molar-refractivity contribution in [2.75, 3.05) is 0 Å². The van der Waals surface area contributed by atoms with Gasteiger partial charge < -0.3 is 5.11 Å². The van der Waals surface area contributed by atoms with Gasteiger partial charge >= 0.3 is 0 Å². The third kappa shape index (κ3) is 3.33. The highest BCUT2D eigenvalue weighted by Gasteiger charge is 2.29. The van der Waals surface area contributed by atoms with E-state index in [1.54, 1.807) is 0 Å². The molecular weight excluding hydrogens is 328 g/mol. The van der Waals surface area contributed by atoms with Crippen LogP contribution >= 0.6 is 11.8 Å². The van der Waals surface area contributed by atoms with Crippen LogP contribution in [0, 0.1) is 0 Å². The zero-order chi connectivity index (χ0) is 17.2. The van der Waals surface area contributed by atoms with Gasteiger partial charge in [-0.25, -0.2) is 0 Å². The topological polar surface area (TPSA) is 37.3 Å². The van der Waals surface area contributed by atoms with Crippen LogP contribution in [-0.4, -0.2) is 10.9 Å². The number of aliphatic hydroxyl groups excluding tert-OH is 1.